The van der Waals surface area contributed by atoms with E-state index in [1.807, 2.05) is 0 Å². The van der Waals surface area contributed by atoms with Crippen LogP contribution in [-0.4, -0.2) is 79.7 Å². The van der Waals surface area contributed by atoms with Crippen molar-refractivity contribution >= 4 is 0 Å². The third kappa shape index (κ3) is 17.6. The number of hydrogen-bond acceptors (Lipinski definition) is 7. The van der Waals surface area contributed by atoms with Crippen LogP contribution < -0.4 is 5.73 Å². The zero-order valence-electron chi connectivity index (χ0n) is 29.4. The molecular weight excluding hydrogens is 514 g/mol. The highest BCUT2D eigenvalue weighted by atomic mass is 16.6. The molecule has 7 heteroatoms. The molecule has 3 unspecified atom stereocenters. The summed E-state index contributed by atoms with van der Waals surface area (Å²) in [6.07, 6.45) is 11.9. The van der Waals surface area contributed by atoms with Gasteiger partial charge in [0.05, 0.1) is 12.2 Å². The summed E-state index contributed by atoms with van der Waals surface area (Å²) in [5.74, 6) is 1.31. The third-order valence-corrected chi connectivity index (χ3v) is 7.84. The molecule has 0 fully saturated rings. The molecule has 2 N–H and O–H groups in total. The van der Waals surface area contributed by atoms with E-state index in [0.717, 1.165) is 52.4 Å². The molecular formula is C34H73N3O4. The maximum absolute atomic E-state index is 6.54. The molecule has 248 valence electrons. The SMILES string of the molecule is CCCCC(CC)COCCCN(CCCOCC(CC)CCCC)N(C(C)(C)OC(C)C)C(C)(CN)OC(C)C. The van der Waals surface area contributed by atoms with Gasteiger partial charge in [0.25, 0.3) is 0 Å². The molecule has 41 heavy (non-hydrogen) atoms. The first-order valence-electron chi connectivity index (χ1n) is 17.2. The van der Waals surface area contributed by atoms with E-state index in [2.05, 4.69) is 86.2 Å². The second-order valence-electron chi connectivity index (χ2n) is 13.1. The number of rotatable bonds is 28. The van der Waals surface area contributed by atoms with Crippen molar-refractivity contribution in [1.82, 2.24) is 10.0 Å². The average Bonchev–Trinajstić information content (AvgIpc) is 2.90. The predicted octanol–water partition coefficient (Wildman–Crippen LogP) is 8.01. The van der Waals surface area contributed by atoms with Gasteiger partial charge in [-0.25, -0.2) is 5.01 Å². The van der Waals surface area contributed by atoms with Gasteiger partial charge in [0.1, 0.15) is 11.4 Å². The van der Waals surface area contributed by atoms with Gasteiger partial charge in [-0.3, -0.25) is 0 Å². The zero-order valence-corrected chi connectivity index (χ0v) is 29.4. The summed E-state index contributed by atoms with van der Waals surface area (Å²) in [5.41, 5.74) is 5.10. The Morgan fingerprint density at radius 3 is 1.44 bits per heavy atom. The van der Waals surface area contributed by atoms with E-state index in [-0.39, 0.29) is 12.2 Å². The summed E-state index contributed by atoms with van der Waals surface area (Å²) < 4.78 is 25.5. The highest BCUT2D eigenvalue weighted by Gasteiger charge is 2.46. The Hall–Kier alpha value is -0.280. The van der Waals surface area contributed by atoms with Crippen LogP contribution in [-0.2, 0) is 18.9 Å². The van der Waals surface area contributed by atoms with Gasteiger partial charge in [0, 0.05) is 46.1 Å². The van der Waals surface area contributed by atoms with E-state index in [1.54, 1.807) is 0 Å². The Labute approximate surface area is 256 Å². The molecule has 0 saturated carbocycles. The highest BCUT2D eigenvalue weighted by molar-refractivity contribution is 4.85. The zero-order chi connectivity index (χ0) is 31.3. The number of nitrogens with two attached hydrogens (primary N) is 1. The lowest BCUT2D eigenvalue weighted by molar-refractivity contribution is -0.336. The number of hydrazine groups is 1. The van der Waals surface area contributed by atoms with Gasteiger partial charge in [-0.1, -0.05) is 66.2 Å². The Kier molecular flexibility index (Phi) is 23.0. The molecule has 0 radical (unpaired) electrons. The van der Waals surface area contributed by atoms with E-state index < -0.39 is 11.4 Å². The Bertz CT molecular complexity index is 579. The average molecular weight is 588 g/mol. The van der Waals surface area contributed by atoms with Crippen molar-refractivity contribution in [3.63, 3.8) is 0 Å². The van der Waals surface area contributed by atoms with Crippen LogP contribution in [0.5, 0.6) is 0 Å². The number of ether oxygens (including phenoxy) is 4. The minimum atomic E-state index is -0.727. The van der Waals surface area contributed by atoms with Crippen molar-refractivity contribution < 1.29 is 18.9 Å². The third-order valence-electron chi connectivity index (χ3n) is 7.84. The summed E-state index contributed by atoms with van der Waals surface area (Å²) in [6.45, 7) is 28.9. The normalized spacial score (nSPS) is 15.8. The minimum absolute atomic E-state index is 0.0256. The lowest BCUT2D eigenvalue weighted by Gasteiger charge is -2.54. The van der Waals surface area contributed by atoms with Crippen LogP contribution in [0.4, 0.5) is 0 Å². The maximum atomic E-state index is 6.54. The molecule has 0 aromatic heterocycles. The van der Waals surface area contributed by atoms with Gasteiger partial charge in [-0.15, -0.1) is 0 Å². The van der Waals surface area contributed by atoms with Gasteiger partial charge in [0.2, 0.25) is 0 Å². The monoisotopic (exact) mass is 588 g/mol. The second kappa shape index (κ2) is 23.1. The molecule has 0 amide bonds. The lowest BCUT2D eigenvalue weighted by atomic mass is 10.0. The van der Waals surface area contributed by atoms with Gasteiger partial charge >= 0.3 is 0 Å². The molecule has 0 aliphatic heterocycles. The number of nitrogens with zero attached hydrogens (tertiary/aromatic N) is 2. The van der Waals surface area contributed by atoms with Gasteiger partial charge in [0.15, 0.2) is 0 Å². The molecule has 0 spiro atoms. The van der Waals surface area contributed by atoms with E-state index in [0.29, 0.717) is 18.4 Å². The smallest absolute Gasteiger partial charge is 0.146 e. The molecule has 0 aliphatic carbocycles. The van der Waals surface area contributed by atoms with Gasteiger partial charge in [-0.2, -0.15) is 5.01 Å². The second-order valence-corrected chi connectivity index (χ2v) is 13.1. The molecule has 0 aliphatic rings. The van der Waals surface area contributed by atoms with Crippen molar-refractivity contribution in [1.29, 1.82) is 0 Å². The topological polar surface area (TPSA) is 69.4 Å². The van der Waals surface area contributed by atoms with Crippen LogP contribution in [0.15, 0.2) is 0 Å². The number of unbranched alkanes of at least 4 members (excludes halogenated alkanes) is 2. The Balaban J connectivity index is 5.65. The van der Waals surface area contributed by atoms with Crippen LogP contribution in [0.3, 0.4) is 0 Å². The van der Waals surface area contributed by atoms with Crippen LogP contribution in [0.1, 0.15) is 140 Å². The minimum Gasteiger partial charge on any atom is -0.381 e. The standard InChI is InChI=1S/C34H73N3O4/c1-12-16-20-31(14-3)26-38-24-18-22-36(23-19-25-39-27-32(15-4)21-17-13-2)37(33(9,10)40-29(5)6)34(11,28-35)41-30(7)8/h29-32H,12-28,35H2,1-11H3. The van der Waals surface area contributed by atoms with Crippen molar-refractivity contribution in [3.8, 4) is 0 Å². The highest BCUT2D eigenvalue weighted by Crippen LogP contribution is 2.32. The fourth-order valence-corrected chi connectivity index (χ4v) is 5.83. The van der Waals surface area contributed by atoms with E-state index in [1.165, 1.54) is 51.4 Å². The summed E-state index contributed by atoms with van der Waals surface area (Å²) in [4.78, 5) is 0. The van der Waals surface area contributed by atoms with Crippen LogP contribution in [0.25, 0.3) is 0 Å². The molecule has 0 aromatic rings. The largest absolute Gasteiger partial charge is 0.381 e. The summed E-state index contributed by atoms with van der Waals surface area (Å²) in [7, 11) is 0. The molecule has 7 nitrogen and oxygen atoms in total. The first-order valence-corrected chi connectivity index (χ1v) is 17.2. The quantitative estimate of drug-likeness (QED) is 0.0565. The summed E-state index contributed by atoms with van der Waals surface area (Å²) in [5, 5.41) is 4.67. The Morgan fingerprint density at radius 1 is 0.659 bits per heavy atom. The molecule has 3 atom stereocenters. The first-order chi connectivity index (χ1) is 19.4. The van der Waals surface area contributed by atoms with Crippen molar-refractivity contribution in [2.24, 2.45) is 17.6 Å². The maximum Gasteiger partial charge on any atom is 0.146 e. The van der Waals surface area contributed by atoms with Gasteiger partial charge in [-0.05, 0) is 86.0 Å². The van der Waals surface area contributed by atoms with Crippen molar-refractivity contribution in [2.75, 3.05) is 46.1 Å². The molecule has 0 bridgehead atoms. The van der Waals surface area contributed by atoms with Crippen molar-refractivity contribution in [2.45, 2.75) is 164 Å². The molecule has 0 aromatic carbocycles. The Morgan fingerprint density at radius 2 is 1.10 bits per heavy atom. The van der Waals surface area contributed by atoms with Crippen molar-refractivity contribution in [3.05, 3.63) is 0 Å². The summed E-state index contributed by atoms with van der Waals surface area (Å²) >= 11 is 0. The summed E-state index contributed by atoms with van der Waals surface area (Å²) in [6, 6.07) is 0. The van der Waals surface area contributed by atoms with E-state index in [4.69, 9.17) is 24.7 Å². The van der Waals surface area contributed by atoms with Crippen LogP contribution in [0.2, 0.25) is 0 Å². The molecule has 0 saturated heterocycles. The van der Waals surface area contributed by atoms with Crippen LogP contribution in [0, 0.1) is 11.8 Å². The lowest BCUT2D eigenvalue weighted by Crippen LogP contribution is -2.69. The predicted molar refractivity (Wildman–Crippen MR) is 175 cm³/mol. The fourth-order valence-electron chi connectivity index (χ4n) is 5.83. The molecule has 0 rings (SSSR count). The van der Waals surface area contributed by atoms with E-state index >= 15 is 0 Å². The van der Waals surface area contributed by atoms with E-state index in [9.17, 15) is 0 Å². The fraction of sp³-hybridized carbons (Fsp3) is 1.00. The van der Waals surface area contributed by atoms with Gasteiger partial charge < -0.3 is 24.7 Å². The molecule has 0 heterocycles. The van der Waals surface area contributed by atoms with Crippen LogP contribution >= 0.6 is 0 Å². The number of hydrogen-bond donors (Lipinski definition) is 1. The first kappa shape index (κ1) is 40.7.